The van der Waals surface area contributed by atoms with Gasteiger partial charge in [-0.2, -0.15) is 5.10 Å². The molecule has 0 fully saturated rings. The minimum absolute atomic E-state index is 0.000205. The fraction of sp³-hybridized carbons (Fsp3) is 0.286. The van der Waals surface area contributed by atoms with Gasteiger partial charge in [-0.3, -0.25) is 0 Å². The predicted octanol–water partition coefficient (Wildman–Crippen LogP) is 3.77. The molecule has 0 saturated heterocycles. The Bertz CT molecular complexity index is 899. The van der Waals surface area contributed by atoms with Crippen LogP contribution >= 0.6 is 0 Å². The van der Waals surface area contributed by atoms with Gasteiger partial charge in [0.25, 0.3) is 0 Å². The summed E-state index contributed by atoms with van der Waals surface area (Å²) in [5, 5.41) is 9.66. The molecule has 2 N–H and O–H groups in total. The minimum atomic E-state index is -0.277. The zero-order valence-electron chi connectivity index (χ0n) is 16.3. The Morgan fingerprint density at radius 2 is 1.86 bits per heavy atom. The number of benzene rings is 2. The molecule has 0 bridgehead atoms. The molecule has 2 aromatic carbocycles. The maximum absolute atomic E-state index is 12.1. The number of nitrogens with zero attached hydrogens (tertiary/aromatic N) is 3. The lowest BCUT2D eigenvalue weighted by molar-refractivity contribution is 0.247. The Morgan fingerprint density at radius 1 is 1.11 bits per heavy atom. The number of rotatable bonds is 6. The van der Waals surface area contributed by atoms with Crippen molar-refractivity contribution in [3.8, 4) is 11.4 Å². The second-order valence-electron chi connectivity index (χ2n) is 7.36. The van der Waals surface area contributed by atoms with Crippen LogP contribution in [-0.4, -0.2) is 33.9 Å². The molecule has 7 heteroatoms. The lowest BCUT2D eigenvalue weighted by Gasteiger charge is -2.22. The van der Waals surface area contributed by atoms with Gasteiger partial charge < -0.3 is 15.4 Å². The van der Waals surface area contributed by atoms with E-state index in [2.05, 4.69) is 47.6 Å². The van der Waals surface area contributed by atoms with E-state index in [1.54, 1.807) is 11.0 Å². The average molecular weight is 379 g/mol. The van der Waals surface area contributed by atoms with Gasteiger partial charge >= 0.3 is 6.03 Å². The summed E-state index contributed by atoms with van der Waals surface area (Å²) in [6.45, 7) is 7.24. The van der Waals surface area contributed by atoms with Gasteiger partial charge in [0.2, 0.25) is 0 Å². The molecule has 7 nitrogen and oxygen atoms in total. The summed E-state index contributed by atoms with van der Waals surface area (Å²) >= 11 is 0. The number of ether oxygens (including phenoxy) is 1. The molecule has 0 aliphatic rings. The molecule has 1 aromatic heterocycles. The molecule has 0 aliphatic carbocycles. The van der Waals surface area contributed by atoms with E-state index >= 15 is 0 Å². The van der Waals surface area contributed by atoms with Crippen molar-refractivity contribution in [2.75, 3.05) is 18.5 Å². The molecule has 0 saturated carbocycles. The van der Waals surface area contributed by atoms with E-state index < -0.39 is 0 Å². The van der Waals surface area contributed by atoms with E-state index in [9.17, 15) is 4.79 Å². The Labute approximate surface area is 164 Å². The van der Waals surface area contributed by atoms with Crippen LogP contribution in [0.5, 0.6) is 5.75 Å². The van der Waals surface area contributed by atoms with E-state index in [1.165, 1.54) is 6.33 Å². The summed E-state index contributed by atoms with van der Waals surface area (Å²) in [4.78, 5) is 16.0. The van der Waals surface area contributed by atoms with Crippen molar-refractivity contribution in [2.45, 2.75) is 26.2 Å². The first-order valence-electron chi connectivity index (χ1n) is 9.16. The molecule has 28 heavy (non-hydrogen) atoms. The summed E-state index contributed by atoms with van der Waals surface area (Å²) < 4.78 is 7.51. The van der Waals surface area contributed by atoms with Gasteiger partial charge in [0.15, 0.2) is 0 Å². The topological polar surface area (TPSA) is 81.1 Å². The zero-order chi connectivity index (χ0) is 20.0. The normalized spacial score (nSPS) is 11.1. The van der Waals surface area contributed by atoms with Crippen LogP contribution < -0.4 is 15.4 Å². The second-order valence-corrected chi connectivity index (χ2v) is 7.36. The number of aromatic nitrogens is 3. The number of carbonyl (C=O) groups is 1. The van der Waals surface area contributed by atoms with Crippen molar-refractivity contribution >= 4 is 11.7 Å². The number of hydrogen-bond donors (Lipinski definition) is 2. The molecule has 0 aliphatic heterocycles. The summed E-state index contributed by atoms with van der Waals surface area (Å²) in [5.74, 6) is 0.848. The van der Waals surface area contributed by atoms with E-state index in [0.717, 1.165) is 17.0 Å². The standard InChI is InChI=1S/C21H25N5O2/c1-21(2,3)18-6-4-5-7-19(18)28-13-12-23-20(27)25-16-8-10-17(11-9-16)26-15-22-14-24-26/h4-11,14-15H,12-13H2,1-3H3,(H2,23,25,27). The first-order valence-corrected chi connectivity index (χ1v) is 9.16. The summed E-state index contributed by atoms with van der Waals surface area (Å²) in [7, 11) is 0. The van der Waals surface area contributed by atoms with Crippen molar-refractivity contribution in [2.24, 2.45) is 0 Å². The van der Waals surface area contributed by atoms with Gasteiger partial charge in [-0.25, -0.2) is 14.5 Å². The minimum Gasteiger partial charge on any atom is -0.491 e. The Kier molecular flexibility index (Phi) is 5.93. The van der Waals surface area contributed by atoms with Gasteiger partial charge in [0, 0.05) is 5.69 Å². The third-order valence-corrected chi connectivity index (χ3v) is 4.15. The number of anilines is 1. The van der Waals surface area contributed by atoms with Crippen LogP contribution in [0.3, 0.4) is 0 Å². The highest BCUT2D eigenvalue weighted by Crippen LogP contribution is 2.30. The fourth-order valence-electron chi connectivity index (χ4n) is 2.75. The van der Waals surface area contributed by atoms with E-state index in [1.807, 2.05) is 42.5 Å². The van der Waals surface area contributed by atoms with E-state index in [0.29, 0.717) is 18.8 Å². The van der Waals surface area contributed by atoms with Crippen molar-refractivity contribution in [3.05, 3.63) is 66.7 Å². The lowest BCUT2D eigenvalue weighted by Crippen LogP contribution is -2.32. The highest BCUT2D eigenvalue weighted by atomic mass is 16.5. The molecule has 0 atom stereocenters. The molecule has 0 spiro atoms. The molecule has 2 amide bonds. The Balaban J connectivity index is 1.45. The van der Waals surface area contributed by atoms with E-state index in [4.69, 9.17) is 4.74 Å². The smallest absolute Gasteiger partial charge is 0.319 e. The molecule has 1 heterocycles. The van der Waals surface area contributed by atoms with Crippen LogP contribution in [0.25, 0.3) is 5.69 Å². The van der Waals surface area contributed by atoms with Crippen molar-refractivity contribution in [1.82, 2.24) is 20.1 Å². The van der Waals surface area contributed by atoms with Crippen LogP contribution in [0.4, 0.5) is 10.5 Å². The molecule has 3 aromatic rings. The van der Waals surface area contributed by atoms with Gasteiger partial charge in [0.1, 0.15) is 25.0 Å². The van der Waals surface area contributed by atoms with Gasteiger partial charge in [-0.15, -0.1) is 0 Å². The first kappa shape index (κ1) is 19.4. The third-order valence-electron chi connectivity index (χ3n) is 4.15. The van der Waals surface area contributed by atoms with Crippen LogP contribution in [0.2, 0.25) is 0 Å². The van der Waals surface area contributed by atoms with Crippen LogP contribution in [0.1, 0.15) is 26.3 Å². The van der Waals surface area contributed by atoms with Gasteiger partial charge in [-0.1, -0.05) is 39.0 Å². The number of amides is 2. The maximum atomic E-state index is 12.1. The number of carbonyl (C=O) groups excluding carboxylic acids is 1. The van der Waals surface area contributed by atoms with Crippen LogP contribution in [-0.2, 0) is 5.41 Å². The Morgan fingerprint density at radius 3 is 2.54 bits per heavy atom. The monoisotopic (exact) mass is 379 g/mol. The third kappa shape index (κ3) is 5.09. The molecule has 0 radical (unpaired) electrons. The molecule has 0 unspecified atom stereocenters. The largest absolute Gasteiger partial charge is 0.491 e. The van der Waals surface area contributed by atoms with Crippen molar-refractivity contribution in [1.29, 1.82) is 0 Å². The van der Waals surface area contributed by atoms with Gasteiger partial charge in [0.05, 0.1) is 12.2 Å². The zero-order valence-corrected chi connectivity index (χ0v) is 16.3. The Hall–Kier alpha value is -3.35. The predicted molar refractivity (Wildman–Crippen MR) is 109 cm³/mol. The van der Waals surface area contributed by atoms with Crippen LogP contribution in [0.15, 0.2) is 61.2 Å². The van der Waals surface area contributed by atoms with Gasteiger partial charge in [-0.05, 0) is 41.3 Å². The lowest BCUT2D eigenvalue weighted by atomic mass is 9.86. The van der Waals surface area contributed by atoms with Crippen molar-refractivity contribution < 1.29 is 9.53 Å². The molecular formula is C21H25N5O2. The molecule has 146 valence electrons. The molecular weight excluding hydrogens is 354 g/mol. The second kappa shape index (κ2) is 8.56. The summed E-state index contributed by atoms with van der Waals surface area (Å²) in [6, 6.07) is 15.0. The van der Waals surface area contributed by atoms with Crippen LogP contribution in [0, 0.1) is 0 Å². The maximum Gasteiger partial charge on any atom is 0.319 e. The quantitative estimate of drug-likeness (QED) is 0.639. The number of para-hydroxylation sites is 1. The molecule has 3 rings (SSSR count). The average Bonchev–Trinajstić information content (AvgIpc) is 3.20. The number of hydrogen-bond acceptors (Lipinski definition) is 4. The van der Waals surface area contributed by atoms with Crippen molar-refractivity contribution in [3.63, 3.8) is 0 Å². The number of urea groups is 1. The highest BCUT2D eigenvalue weighted by molar-refractivity contribution is 5.89. The fourth-order valence-corrected chi connectivity index (χ4v) is 2.75. The summed E-state index contributed by atoms with van der Waals surface area (Å²) in [6.07, 6.45) is 3.09. The van der Waals surface area contributed by atoms with E-state index in [-0.39, 0.29) is 11.4 Å². The highest BCUT2D eigenvalue weighted by Gasteiger charge is 2.18. The SMILES string of the molecule is CC(C)(C)c1ccccc1OCCNC(=O)Nc1ccc(-n2cncn2)cc1. The number of nitrogens with one attached hydrogen (secondary N) is 2. The summed E-state index contributed by atoms with van der Waals surface area (Å²) in [5.41, 5.74) is 2.71. The first-order chi connectivity index (χ1) is 13.4.